The van der Waals surface area contributed by atoms with Crippen molar-refractivity contribution in [3.8, 4) is 11.4 Å². The average Bonchev–Trinajstić information content (AvgIpc) is 2.96. The molecule has 1 aromatic heterocycles. The zero-order valence-electron chi connectivity index (χ0n) is 11.8. The summed E-state index contributed by atoms with van der Waals surface area (Å²) >= 11 is 0.869. The summed E-state index contributed by atoms with van der Waals surface area (Å²) in [5, 5.41) is 23.7. The van der Waals surface area contributed by atoms with E-state index in [1.807, 2.05) is 13.8 Å². The minimum Gasteiger partial charge on any atom is -0.481 e. The molecule has 9 heteroatoms. The number of aromatic amines is 1. The van der Waals surface area contributed by atoms with Gasteiger partial charge in [-0.3, -0.25) is 9.89 Å². The molecule has 1 heterocycles. The summed E-state index contributed by atoms with van der Waals surface area (Å²) in [7, 11) is 0. The van der Waals surface area contributed by atoms with Crippen LogP contribution >= 0.6 is 11.8 Å². The summed E-state index contributed by atoms with van der Waals surface area (Å²) in [5.74, 6) is -3.05. The van der Waals surface area contributed by atoms with Crippen LogP contribution in [0.1, 0.15) is 24.2 Å². The van der Waals surface area contributed by atoms with Crippen LogP contribution in [0.15, 0.2) is 23.4 Å². The Morgan fingerprint density at radius 1 is 1.32 bits per heavy atom. The highest BCUT2D eigenvalue weighted by molar-refractivity contribution is 7.99. The molecule has 2 rings (SSSR count). The van der Waals surface area contributed by atoms with Crippen LogP contribution in [0.5, 0.6) is 0 Å². The Bertz CT molecular complexity index is 675. The molecule has 0 saturated heterocycles. The van der Waals surface area contributed by atoms with Gasteiger partial charge in [-0.05, 0) is 18.2 Å². The van der Waals surface area contributed by atoms with Gasteiger partial charge >= 0.3 is 11.9 Å². The number of aromatic nitrogens is 3. The highest BCUT2D eigenvalue weighted by Gasteiger charge is 2.14. The van der Waals surface area contributed by atoms with Crippen molar-refractivity contribution in [2.45, 2.75) is 19.0 Å². The van der Waals surface area contributed by atoms with Gasteiger partial charge in [-0.25, -0.2) is 14.2 Å². The molecule has 0 aliphatic heterocycles. The summed E-state index contributed by atoms with van der Waals surface area (Å²) in [5.41, 5.74) is -0.128. The third kappa shape index (κ3) is 4.55. The number of nitrogens with one attached hydrogen (secondary N) is 1. The summed E-state index contributed by atoms with van der Waals surface area (Å²) in [4.78, 5) is 25.2. The number of aromatic carboxylic acids is 1. The molecule has 0 aliphatic rings. The van der Waals surface area contributed by atoms with E-state index in [0.29, 0.717) is 0 Å². The Hall–Kier alpha value is -2.42. The molecule has 118 valence electrons. The standard InChI is InChI=1S/C11H8FN3O4S.C2H6/c12-7-2-1-5(10(18)19)3-6(7)9-13-11(15-14-9)20-4-8(16)17;1-2/h1-3H,4H2,(H,16,17)(H,18,19)(H,13,14,15);1-2H3. The molecule has 0 aliphatic carbocycles. The molecule has 0 atom stereocenters. The van der Waals surface area contributed by atoms with Crippen LogP contribution in [-0.2, 0) is 4.79 Å². The van der Waals surface area contributed by atoms with Gasteiger partial charge in [0, 0.05) is 0 Å². The van der Waals surface area contributed by atoms with E-state index in [9.17, 15) is 14.0 Å². The SMILES string of the molecule is CC.O=C(O)CSc1n[nH]c(-c2cc(C(=O)O)ccc2F)n1. The van der Waals surface area contributed by atoms with Crippen LogP contribution in [0.25, 0.3) is 11.4 Å². The van der Waals surface area contributed by atoms with Crippen molar-refractivity contribution < 1.29 is 24.2 Å². The predicted octanol–water partition coefficient (Wildman–Crippen LogP) is 2.51. The van der Waals surface area contributed by atoms with Gasteiger partial charge in [-0.1, -0.05) is 25.6 Å². The van der Waals surface area contributed by atoms with Crippen LogP contribution in [0.2, 0.25) is 0 Å². The van der Waals surface area contributed by atoms with E-state index in [1.165, 1.54) is 0 Å². The molecule has 2 aromatic rings. The first-order valence-corrected chi connectivity index (χ1v) is 7.26. The van der Waals surface area contributed by atoms with E-state index in [1.54, 1.807) is 0 Å². The van der Waals surface area contributed by atoms with Gasteiger partial charge in [-0.2, -0.15) is 0 Å². The number of H-pyrrole nitrogens is 1. The summed E-state index contributed by atoms with van der Waals surface area (Å²) < 4.78 is 13.7. The first kappa shape index (κ1) is 17.6. The first-order valence-electron chi connectivity index (χ1n) is 6.27. The average molecular weight is 327 g/mol. The van der Waals surface area contributed by atoms with Crippen molar-refractivity contribution >= 4 is 23.7 Å². The molecule has 0 amide bonds. The van der Waals surface area contributed by atoms with E-state index < -0.39 is 17.8 Å². The molecule has 1 aromatic carbocycles. The molecule has 7 nitrogen and oxygen atoms in total. The maximum absolute atomic E-state index is 13.7. The van der Waals surface area contributed by atoms with Gasteiger partial charge in [0.25, 0.3) is 0 Å². The van der Waals surface area contributed by atoms with E-state index in [4.69, 9.17) is 10.2 Å². The Morgan fingerprint density at radius 2 is 2.00 bits per heavy atom. The highest BCUT2D eigenvalue weighted by Crippen LogP contribution is 2.23. The Morgan fingerprint density at radius 3 is 2.59 bits per heavy atom. The molecular formula is C13H14FN3O4S. The zero-order valence-corrected chi connectivity index (χ0v) is 12.6. The minimum atomic E-state index is -1.19. The minimum absolute atomic E-state index is 0.0403. The van der Waals surface area contributed by atoms with Crippen LogP contribution in [-0.4, -0.2) is 43.1 Å². The molecule has 0 saturated carbocycles. The van der Waals surface area contributed by atoms with Crippen molar-refractivity contribution in [2.24, 2.45) is 0 Å². The fourth-order valence-electron chi connectivity index (χ4n) is 1.40. The lowest BCUT2D eigenvalue weighted by Crippen LogP contribution is -1.98. The number of carbonyl (C=O) groups is 2. The second kappa shape index (κ2) is 8.13. The van der Waals surface area contributed by atoms with E-state index in [-0.39, 0.29) is 27.9 Å². The van der Waals surface area contributed by atoms with E-state index in [2.05, 4.69) is 15.2 Å². The molecular weight excluding hydrogens is 313 g/mol. The number of halogens is 1. The van der Waals surface area contributed by atoms with Crippen molar-refractivity contribution in [2.75, 3.05) is 5.75 Å². The molecule has 0 spiro atoms. The second-order valence-electron chi connectivity index (χ2n) is 3.65. The van der Waals surface area contributed by atoms with Crippen molar-refractivity contribution in [1.29, 1.82) is 0 Å². The molecule has 0 bridgehead atoms. The van der Waals surface area contributed by atoms with Crippen LogP contribution in [0.4, 0.5) is 4.39 Å². The Labute approximate surface area is 129 Å². The quantitative estimate of drug-likeness (QED) is 0.722. The maximum Gasteiger partial charge on any atom is 0.335 e. The monoisotopic (exact) mass is 327 g/mol. The van der Waals surface area contributed by atoms with Gasteiger partial charge in [0.05, 0.1) is 16.9 Å². The second-order valence-corrected chi connectivity index (χ2v) is 4.59. The Kier molecular flexibility index (Phi) is 6.51. The number of aliphatic carboxylic acids is 1. The van der Waals surface area contributed by atoms with E-state index in [0.717, 1.165) is 30.0 Å². The van der Waals surface area contributed by atoms with Crippen molar-refractivity contribution in [1.82, 2.24) is 15.2 Å². The van der Waals surface area contributed by atoms with Gasteiger partial charge < -0.3 is 10.2 Å². The third-order valence-electron chi connectivity index (χ3n) is 2.26. The highest BCUT2D eigenvalue weighted by atomic mass is 32.2. The predicted molar refractivity (Wildman–Crippen MR) is 78.4 cm³/mol. The van der Waals surface area contributed by atoms with Crippen LogP contribution in [0, 0.1) is 5.82 Å². The number of carboxylic acid groups (broad SMARTS) is 2. The maximum atomic E-state index is 13.7. The Balaban J connectivity index is 0.00000116. The number of rotatable bonds is 5. The summed E-state index contributed by atoms with van der Waals surface area (Å²) in [6.07, 6.45) is 0. The normalized spacial score (nSPS) is 9.77. The lowest BCUT2D eigenvalue weighted by atomic mass is 10.1. The number of carboxylic acids is 2. The van der Waals surface area contributed by atoms with Crippen LogP contribution in [0.3, 0.4) is 0 Å². The number of thioether (sulfide) groups is 1. The van der Waals surface area contributed by atoms with Crippen molar-refractivity contribution in [3.05, 3.63) is 29.6 Å². The third-order valence-corrected chi connectivity index (χ3v) is 3.09. The molecule has 22 heavy (non-hydrogen) atoms. The largest absolute Gasteiger partial charge is 0.481 e. The summed E-state index contributed by atoms with van der Waals surface area (Å²) in [6, 6.07) is 3.28. The molecule has 3 N–H and O–H groups in total. The molecule has 0 unspecified atom stereocenters. The smallest absolute Gasteiger partial charge is 0.335 e. The van der Waals surface area contributed by atoms with Gasteiger partial charge in [-0.15, -0.1) is 5.10 Å². The lowest BCUT2D eigenvalue weighted by molar-refractivity contribution is -0.133. The van der Waals surface area contributed by atoms with E-state index >= 15 is 0 Å². The fraction of sp³-hybridized carbons (Fsp3) is 0.231. The van der Waals surface area contributed by atoms with Crippen LogP contribution < -0.4 is 0 Å². The lowest BCUT2D eigenvalue weighted by Gasteiger charge is -2.00. The summed E-state index contributed by atoms with van der Waals surface area (Å²) in [6.45, 7) is 4.00. The molecule has 0 radical (unpaired) electrons. The number of hydrogen-bond acceptors (Lipinski definition) is 5. The fourth-order valence-corrected chi connectivity index (χ4v) is 1.92. The number of benzene rings is 1. The van der Waals surface area contributed by atoms with Gasteiger partial charge in [0.15, 0.2) is 5.82 Å². The van der Waals surface area contributed by atoms with Crippen molar-refractivity contribution in [3.63, 3.8) is 0 Å². The zero-order chi connectivity index (χ0) is 16.7. The first-order chi connectivity index (χ1) is 10.5. The van der Waals surface area contributed by atoms with Gasteiger partial charge in [0.1, 0.15) is 5.82 Å². The number of hydrogen-bond donors (Lipinski definition) is 3. The number of nitrogens with zero attached hydrogens (tertiary/aromatic N) is 2. The van der Waals surface area contributed by atoms with Gasteiger partial charge in [0.2, 0.25) is 5.16 Å². The molecule has 0 fully saturated rings. The topological polar surface area (TPSA) is 116 Å².